The number of rotatable bonds is 5. The molecule has 1 aliphatic heterocycles. The smallest absolute Gasteiger partial charge is 0.161 e. The summed E-state index contributed by atoms with van der Waals surface area (Å²) in [6.45, 7) is 3.59. The van der Waals surface area contributed by atoms with Gasteiger partial charge in [-0.05, 0) is 18.7 Å². The van der Waals surface area contributed by atoms with E-state index in [9.17, 15) is 0 Å². The van der Waals surface area contributed by atoms with Crippen molar-refractivity contribution in [3.63, 3.8) is 0 Å². The number of hydrogen-bond donors (Lipinski definition) is 1. The van der Waals surface area contributed by atoms with Gasteiger partial charge in [0.05, 0.1) is 11.6 Å². The standard InChI is InChI=1S/C15H18N2O2S/c1-2-17-12(7-11-8-16-10-20-11)15-9-18-13-5-3-4-6-14(13)19-15/h3-6,8,10,12,15,17H,2,7,9H2,1H3. The Morgan fingerprint density at radius 3 is 3.00 bits per heavy atom. The number of likely N-dealkylation sites (N-methyl/N-ethyl adjacent to an activating group) is 1. The van der Waals surface area contributed by atoms with E-state index in [1.165, 1.54) is 4.88 Å². The lowest BCUT2D eigenvalue weighted by molar-refractivity contribution is 0.0626. The Balaban J connectivity index is 1.72. The Bertz CT molecular complexity index is 545. The number of nitrogens with one attached hydrogen (secondary N) is 1. The summed E-state index contributed by atoms with van der Waals surface area (Å²) in [5, 5.41) is 3.50. The molecule has 106 valence electrons. The molecule has 20 heavy (non-hydrogen) atoms. The third kappa shape index (κ3) is 2.94. The maximum atomic E-state index is 6.09. The lowest BCUT2D eigenvalue weighted by atomic mass is 10.1. The van der Waals surface area contributed by atoms with Gasteiger partial charge in [0, 0.05) is 17.5 Å². The van der Waals surface area contributed by atoms with Crippen LogP contribution in [0.1, 0.15) is 11.8 Å². The molecular weight excluding hydrogens is 272 g/mol. The van der Waals surface area contributed by atoms with Gasteiger partial charge in [0.1, 0.15) is 12.7 Å². The van der Waals surface area contributed by atoms with Crippen LogP contribution < -0.4 is 14.8 Å². The average Bonchev–Trinajstić information content (AvgIpc) is 2.99. The van der Waals surface area contributed by atoms with Crippen molar-refractivity contribution in [2.24, 2.45) is 0 Å². The zero-order valence-corrected chi connectivity index (χ0v) is 12.2. The van der Waals surface area contributed by atoms with E-state index >= 15 is 0 Å². The van der Waals surface area contributed by atoms with Gasteiger partial charge < -0.3 is 14.8 Å². The van der Waals surface area contributed by atoms with Crippen molar-refractivity contribution in [1.29, 1.82) is 0 Å². The molecule has 1 aromatic heterocycles. The molecule has 2 heterocycles. The molecule has 1 aliphatic rings. The Morgan fingerprint density at radius 1 is 1.40 bits per heavy atom. The van der Waals surface area contributed by atoms with Crippen LogP contribution in [0.5, 0.6) is 11.5 Å². The topological polar surface area (TPSA) is 43.4 Å². The summed E-state index contributed by atoms with van der Waals surface area (Å²) in [5.41, 5.74) is 1.87. The molecule has 5 heteroatoms. The SMILES string of the molecule is CCNC(Cc1cncs1)C1COc2ccccc2O1. The van der Waals surface area contributed by atoms with E-state index in [0.717, 1.165) is 24.5 Å². The molecule has 0 saturated heterocycles. The van der Waals surface area contributed by atoms with E-state index in [1.54, 1.807) is 11.3 Å². The van der Waals surface area contributed by atoms with Crippen molar-refractivity contribution >= 4 is 11.3 Å². The fraction of sp³-hybridized carbons (Fsp3) is 0.400. The van der Waals surface area contributed by atoms with Crippen LogP contribution in [0.4, 0.5) is 0 Å². The highest BCUT2D eigenvalue weighted by atomic mass is 32.1. The lowest BCUT2D eigenvalue weighted by Gasteiger charge is -2.32. The van der Waals surface area contributed by atoms with Crippen molar-refractivity contribution in [2.75, 3.05) is 13.2 Å². The Hall–Kier alpha value is -1.59. The molecule has 0 radical (unpaired) electrons. The highest BCUT2D eigenvalue weighted by molar-refractivity contribution is 7.09. The molecule has 0 amide bonds. The first-order valence-corrected chi connectivity index (χ1v) is 7.74. The summed E-state index contributed by atoms with van der Waals surface area (Å²) in [7, 11) is 0. The normalized spacial score (nSPS) is 18.8. The van der Waals surface area contributed by atoms with Crippen LogP contribution in [0.15, 0.2) is 36.0 Å². The zero-order valence-electron chi connectivity index (χ0n) is 11.4. The summed E-state index contributed by atoms with van der Waals surface area (Å²) in [5.74, 6) is 1.66. The largest absolute Gasteiger partial charge is 0.486 e. The summed E-state index contributed by atoms with van der Waals surface area (Å²) < 4.78 is 11.9. The third-order valence-electron chi connectivity index (χ3n) is 3.35. The predicted octanol–water partition coefficient (Wildman–Crippen LogP) is 2.50. The van der Waals surface area contributed by atoms with E-state index < -0.39 is 0 Å². The molecule has 2 unspecified atom stereocenters. The molecule has 1 aromatic carbocycles. The van der Waals surface area contributed by atoms with Gasteiger partial charge in [-0.25, -0.2) is 0 Å². The molecule has 0 saturated carbocycles. The number of aromatic nitrogens is 1. The number of nitrogens with zero attached hydrogens (tertiary/aromatic N) is 1. The van der Waals surface area contributed by atoms with Gasteiger partial charge in [-0.2, -0.15) is 0 Å². The number of fused-ring (bicyclic) bond motifs is 1. The molecule has 0 bridgehead atoms. The Kier molecular flexibility index (Phi) is 4.18. The van der Waals surface area contributed by atoms with Crippen molar-refractivity contribution in [3.8, 4) is 11.5 Å². The number of hydrogen-bond acceptors (Lipinski definition) is 5. The van der Waals surface area contributed by atoms with Gasteiger partial charge in [0.25, 0.3) is 0 Å². The minimum Gasteiger partial charge on any atom is -0.486 e. The van der Waals surface area contributed by atoms with E-state index in [-0.39, 0.29) is 12.1 Å². The summed E-state index contributed by atoms with van der Waals surface area (Å²) >= 11 is 1.68. The molecule has 4 nitrogen and oxygen atoms in total. The van der Waals surface area contributed by atoms with Crippen LogP contribution in [0, 0.1) is 0 Å². The zero-order chi connectivity index (χ0) is 13.8. The molecule has 0 aliphatic carbocycles. The van der Waals surface area contributed by atoms with Crippen LogP contribution in [0.25, 0.3) is 0 Å². The molecule has 3 rings (SSSR count). The van der Waals surface area contributed by atoms with E-state index in [2.05, 4.69) is 17.2 Å². The van der Waals surface area contributed by atoms with Gasteiger partial charge in [0.2, 0.25) is 0 Å². The van der Waals surface area contributed by atoms with Crippen LogP contribution in [-0.4, -0.2) is 30.3 Å². The lowest BCUT2D eigenvalue weighted by Crippen LogP contribution is -2.48. The minimum absolute atomic E-state index is 0.0203. The summed E-state index contributed by atoms with van der Waals surface area (Å²) in [6.07, 6.45) is 2.85. The maximum absolute atomic E-state index is 6.09. The van der Waals surface area contributed by atoms with Gasteiger partial charge in [0.15, 0.2) is 11.5 Å². The van der Waals surface area contributed by atoms with Crippen LogP contribution in [0.2, 0.25) is 0 Å². The first-order chi connectivity index (χ1) is 9.86. The van der Waals surface area contributed by atoms with Crippen LogP contribution in [-0.2, 0) is 6.42 Å². The summed E-state index contributed by atoms with van der Waals surface area (Å²) in [4.78, 5) is 5.40. The molecule has 0 spiro atoms. The second kappa shape index (κ2) is 6.24. The maximum Gasteiger partial charge on any atom is 0.161 e. The number of para-hydroxylation sites is 2. The Labute approximate surface area is 122 Å². The van der Waals surface area contributed by atoms with Crippen molar-refractivity contribution in [3.05, 3.63) is 40.8 Å². The number of ether oxygens (including phenoxy) is 2. The second-order valence-corrected chi connectivity index (χ2v) is 5.72. The highest BCUT2D eigenvalue weighted by Crippen LogP contribution is 2.32. The van der Waals surface area contributed by atoms with Gasteiger partial charge >= 0.3 is 0 Å². The van der Waals surface area contributed by atoms with Gasteiger partial charge in [-0.3, -0.25) is 4.98 Å². The van der Waals surface area contributed by atoms with Gasteiger partial charge in [-0.1, -0.05) is 19.1 Å². The molecule has 2 atom stereocenters. The second-order valence-electron chi connectivity index (χ2n) is 4.75. The molecular formula is C15H18N2O2S. The van der Waals surface area contributed by atoms with Crippen LogP contribution >= 0.6 is 11.3 Å². The first-order valence-electron chi connectivity index (χ1n) is 6.86. The predicted molar refractivity (Wildman–Crippen MR) is 79.6 cm³/mol. The third-order valence-corrected chi connectivity index (χ3v) is 4.15. The van der Waals surface area contributed by atoms with Crippen molar-refractivity contribution < 1.29 is 9.47 Å². The Morgan fingerprint density at radius 2 is 2.25 bits per heavy atom. The first kappa shape index (κ1) is 13.4. The van der Waals surface area contributed by atoms with Crippen LogP contribution in [0.3, 0.4) is 0 Å². The molecule has 1 N–H and O–H groups in total. The van der Waals surface area contributed by atoms with E-state index in [0.29, 0.717) is 6.61 Å². The van der Waals surface area contributed by atoms with E-state index in [4.69, 9.17) is 9.47 Å². The monoisotopic (exact) mass is 290 g/mol. The van der Waals surface area contributed by atoms with E-state index in [1.807, 2.05) is 36.0 Å². The number of benzene rings is 1. The fourth-order valence-electron chi connectivity index (χ4n) is 2.39. The minimum atomic E-state index is 0.0203. The number of thiazole rings is 1. The summed E-state index contributed by atoms with van der Waals surface area (Å²) in [6, 6.07) is 8.06. The average molecular weight is 290 g/mol. The molecule has 0 fully saturated rings. The highest BCUT2D eigenvalue weighted by Gasteiger charge is 2.28. The fourth-order valence-corrected chi connectivity index (χ4v) is 3.05. The quantitative estimate of drug-likeness (QED) is 0.919. The van der Waals surface area contributed by atoms with Crippen molar-refractivity contribution in [1.82, 2.24) is 10.3 Å². The van der Waals surface area contributed by atoms with Crippen molar-refractivity contribution in [2.45, 2.75) is 25.5 Å². The molecule has 2 aromatic rings. The van der Waals surface area contributed by atoms with Gasteiger partial charge in [-0.15, -0.1) is 11.3 Å².